The molecule has 0 bridgehead atoms. The van der Waals surface area contributed by atoms with E-state index in [9.17, 15) is 9.59 Å². The largest absolute Gasteiger partial charge is 0.449 e. The normalized spacial score (nSPS) is 11.6. The molecule has 2 aromatic rings. The van der Waals surface area contributed by atoms with Crippen LogP contribution in [0, 0.1) is 0 Å². The standard InChI is InChI=1S/C17H16BrNO3S/c1-11(16(20)19-13-7-5-6-12(18)10-13)22-17(21)14-8-3-4-9-15(14)23-2/h3-11H,1-2H3,(H,19,20)/t11-/m1/s1. The monoisotopic (exact) mass is 393 g/mol. The molecule has 0 aromatic heterocycles. The first-order valence-electron chi connectivity index (χ1n) is 6.91. The minimum Gasteiger partial charge on any atom is -0.449 e. The summed E-state index contributed by atoms with van der Waals surface area (Å²) >= 11 is 4.79. The molecule has 0 aliphatic heterocycles. The van der Waals surface area contributed by atoms with E-state index in [1.54, 1.807) is 31.2 Å². The van der Waals surface area contributed by atoms with Crippen molar-refractivity contribution in [1.82, 2.24) is 0 Å². The van der Waals surface area contributed by atoms with Crippen molar-refractivity contribution in [3.8, 4) is 0 Å². The van der Waals surface area contributed by atoms with Gasteiger partial charge in [0.1, 0.15) is 0 Å². The predicted octanol–water partition coefficient (Wildman–Crippen LogP) is 4.36. The van der Waals surface area contributed by atoms with Gasteiger partial charge in [0.25, 0.3) is 5.91 Å². The molecule has 2 rings (SSSR count). The fourth-order valence-corrected chi connectivity index (χ4v) is 2.89. The Kier molecular flexibility index (Phi) is 6.24. The van der Waals surface area contributed by atoms with Gasteiger partial charge < -0.3 is 10.1 Å². The van der Waals surface area contributed by atoms with Crippen LogP contribution in [0.2, 0.25) is 0 Å². The first-order valence-corrected chi connectivity index (χ1v) is 8.93. The Morgan fingerprint density at radius 1 is 1.17 bits per heavy atom. The van der Waals surface area contributed by atoms with Crippen molar-refractivity contribution in [3.63, 3.8) is 0 Å². The van der Waals surface area contributed by atoms with Crippen molar-refractivity contribution in [2.75, 3.05) is 11.6 Å². The molecule has 0 aliphatic carbocycles. The lowest BCUT2D eigenvalue weighted by molar-refractivity contribution is -0.123. The number of nitrogens with one attached hydrogen (secondary N) is 1. The van der Waals surface area contributed by atoms with Gasteiger partial charge in [-0.15, -0.1) is 11.8 Å². The summed E-state index contributed by atoms with van der Waals surface area (Å²) in [4.78, 5) is 25.2. The maximum Gasteiger partial charge on any atom is 0.340 e. The summed E-state index contributed by atoms with van der Waals surface area (Å²) in [7, 11) is 0. The van der Waals surface area contributed by atoms with Gasteiger partial charge in [0.05, 0.1) is 5.56 Å². The van der Waals surface area contributed by atoms with Crippen LogP contribution in [0.1, 0.15) is 17.3 Å². The van der Waals surface area contributed by atoms with Crippen LogP contribution in [-0.4, -0.2) is 24.2 Å². The molecule has 120 valence electrons. The molecule has 1 N–H and O–H groups in total. The molecule has 0 spiro atoms. The lowest BCUT2D eigenvalue weighted by atomic mass is 10.2. The highest BCUT2D eigenvalue weighted by atomic mass is 79.9. The number of rotatable bonds is 5. The van der Waals surface area contributed by atoms with E-state index < -0.39 is 12.1 Å². The number of hydrogen-bond acceptors (Lipinski definition) is 4. The van der Waals surface area contributed by atoms with E-state index in [2.05, 4.69) is 21.2 Å². The van der Waals surface area contributed by atoms with Crippen LogP contribution >= 0.6 is 27.7 Å². The maximum atomic E-state index is 12.2. The Balaban J connectivity index is 2.01. The zero-order valence-electron chi connectivity index (χ0n) is 12.7. The smallest absolute Gasteiger partial charge is 0.340 e. The maximum absolute atomic E-state index is 12.2. The number of amides is 1. The van der Waals surface area contributed by atoms with Gasteiger partial charge in [-0.05, 0) is 43.5 Å². The summed E-state index contributed by atoms with van der Waals surface area (Å²) in [6.45, 7) is 1.55. The summed E-state index contributed by atoms with van der Waals surface area (Å²) in [5.41, 5.74) is 1.10. The quantitative estimate of drug-likeness (QED) is 0.605. The van der Waals surface area contributed by atoms with Crippen molar-refractivity contribution in [3.05, 3.63) is 58.6 Å². The second-order valence-electron chi connectivity index (χ2n) is 4.75. The topological polar surface area (TPSA) is 55.4 Å². The average Bonchev–Trinajstić information content (AvgIpc) is 2.54. The van der Waals surface area contributed by atoms with Crippen LogP contribution < -0.4 is 5.32 Å². The molecule has 0 aliphatic rings. The van der Waals surface area contributed by atoms with E-state index >= 15 is 0 Å². The molecule has 2 aromatic carbocycles. The molecule has 0 heterocycles. The number of ether oxygens (including phenoxy) is 1. The highest BCUT2D eigenvalue weighted by Gasteiger charge is 2.20. The first kappa shape index (κ1) is 17.6. The fraction of sp³-hybridized carbons (Fsp3) is 0.176. The highest BCUT2D eigenvalue weighted by Crippen LogP contribution is 2.21. The van der Waals surface area contributed by atoms with Crippen molar-refractivity contribution in [2.24, 2.45) is 0 Å². The zero-order valence-corrected chi connectivity index (χ0v) is 15.1. The van der Waals surface area contributed by atoms with Crippen molar-refractivity contribution < 1.29 is 14.3 Å². The molecule has 0 radical (unpaired) electrons. The van der Waals surface area contributed by atoms with Crippen molar-refractivity contribution in [1.29, 1.82) is 0 Å². The number of carbonyl (C=O) groups is 2. The minimum atomic E-state index is -0.892. The Bertz CT molecular complexity index is 720. The van der Waals surface area contributed by atoms with Gasteiger partial charge in [0.2, 0.25) is 0 Å². The van der Waals surface area contributed by atoms with Gasteiger partial charge in [-0.1, -0.05) is 34.1 Å². The summed E-state index contributed by atoms with van der Waals surface area (Å²) in [6.07, 6.45) is 0.992. The van der Waals surface area contributed by atoms with E-state index in [1.165, 1.54) is 11.8 Å². The third-order valence-corrected chi connectivity index (χ3v) is 4.36. The Morgan fingerprint density at radius 2 is 1.91 bits per heavy atom. The third kappa shape index (κ3) is 4.84. The molecule has 0 fully saturated rings. The Morgan fingerprint density at radius 3 is 2.61 bits per heavy atom. The molecular weight excluding hydrogens is 378 g/mol. The molecule has 1 atom stereocenters. The van der Waals surface area contributed by atoms with Crippen molar-refractivity contribution in [2.45, 2.75) is 17.9 Å². The molecule has 0 saturated heterocycles. The molecule has 6 heteroatoms. The lowest BCUT2D eigenvalue weighted by Gasteiger charge is -2.14. The molecule has 23 heavy (non-hydrogen) atoms. The molecule has 4 nitrogen and oxygen atoms in total. The van der Waals surface area contributed by atoms with Gasteiger partial charge in [0, 0.05) is 15.1 Å². The second kappa shape index (κ2) is 8.17. The molecule has 0 saturated carbocycles. The predicted molar refractivity (Wildman–Crippen MR) is 95.9 cm³/mol. The fourth-order valence-electron chi connectivity index (χ4n) is 1.90. The molecule has 0 unspecified atom stereocenters. The summed E-state index contributed by atoms with van der Waals surface area (Å²) < 4.78 is 6.12. The first-order chi connectivity index (χ1) is 11.0. The third-order valence-electron chi connectivity index (χ3n) is 3.07. The van der Waals surface area contributed by atoms with E-state index in [-0.39, 0.29) is 5.91 Å². The number of esters is 1. The van der Waals surface area contributed by atoms with E-state index in [4.69, 9.17) is 4.74 Å². The van der Waals surface area contributed by atoms with E-state index in [0.717, 1.165) is 9.37 Å². The SMILES string of the molecule is CSc1ccccc1C(=O)O[C@H](C)C(=O)Nc1cccc(Br)c1. The summed E-state index contributed by atoms with van der Waals surface area (Å²) in [6, 6.07) is 14.4. The Labute approximate surface area is 147 Å². The lowest BCUT2D eigenvalue weighted by Crippen LogP contribution is -2.30. The van der Waals surface area contributed by atoms with Gasteiger partial charge >= 0.3 is 5.97 Å². The zero-order chi connectivity index (χ0) is 16.8. The Hall–Kier alpha value is -1.79. The van der Waals surface area contributed by atoms with E-state index in [0.29, 0.717) is 11.3 Å². The summed E-state index contributed by atoms with van der Waals surface area (Å²) in [5.74, 6) is -0.884. The van der Waals surface area contributed by atoms with Gasteiger partial charge in [-0.3, -0.25) is 4.79 Å². The molecular formula is C17H16BrNO3S. The number of carbonyl (C=O) groups excluding carboxylic acids is 2. The van der Waals surface area contributed by atoms with Crippen molar-refractivity contribution >= 4 is 45.3 Å². The average molecular weight is 394 g/mol. The second-order valence-corrected chi connectivity index (χ2v) is 6.51. The van der Waals surface area contributed by atoms with Gasteiger partial charge in [0.15, 0.2) is 6.10 Å². The van der Waals surface area contributed by atoms with Crippen LogP contribution in [0.15, 0.2) is 57.9 Å². The number of hydrogen-bond donors (Lipinski definition) is 1. The number of halogens is 1. The highest BCUT2D eigenvalue weighted by molar-refractivity contribution is 9.10. The number of thioether (sulfide) groups is 1. The van der Waals surface area contributed by atoms with Gasteiger partial charge in [-0.2, -0.15) is 0 Å². The minimum absolute atomic E-state index is 0.377. The summed E-state index contributed by atoms with van der Waals surface area (Å²) in [5, 5.41) is 2.72. The van der Waals surface area contributed by atoms with Crippen LogP contribution in [-0.2, 0) is 9.53 Å². The van der Waals surface area contributed by atoms with E-state index in [1.807, 2.05) is 30.5 Å². The van der Waals surface area contributed by atoms with Crippen LogP contribution in [0.3, 0.4) is 0 Å². The molecule has 1 amide bonds. The number of benzene rings is 2. The van der Waals surface area contributed by atoms with Crippen LogP contribution in [0.5, 0.6) is 0 Å². The van der Waals surface area contributed by atoms with Gasteiger partial charge in [-0.25, -0.2) is 4.79 Å². The van der Waals surface area contributed by atoms with Crippen LogP contribution in [0.25, 0.3) is 0 Å². The number of anilines is 1. The van der Waals surface area contributed by atoms with Crippen LogP contribution in [0.4, 0.5) is 5.69 Å².